The lowest BCUT2D eigenvalue weighted by Gasteiger charge is -2.36. The Morgan fingerprint density at radius 1 is 1.24 bits per heavy atom. The topological polar surface area (TPSA) is 67.5 Å². The van der Waals surface area contributed by atoms with Crippen molar-refractivity contribution >= 4 is 11.8 Å². The molecule has 1 saturated heterocycles. The molecule has 2 aliphatic heterocycles. The number of rotatable bonds is 3. The molecule has 1 atom stereocenters. The maximum absolute atomic E-state index is 5.98. The molecule has 0 aliphatic carbocycles. The fourth-order valence-electron chi connectivity index (χ4n) is 3.17. The molecule has 3 rings (SSSR count). The van der Waals surface area contributed by atoms with E-state index in [1.807, 2.05) is 0 Å². The van der Waals surface area contributed by atoms with Crippen molar-refractivity contribution in [2.75, 3.05) is 50.5 Å². The predicted molar refractivity (Wildman–Crippen MR) is 83.5 cm³/mol. The molecule has 2 N–H and O–H groups in total. The Kier molecular flexibility index (Phi) is 4.26. The van der Waals surface area contributed by atoms with Gasteiger partial charge in [0, 0.05) is 38.2 Å². The average molecular weight is 291 g/mol. The smallest absolute Gasteiger partial charge is 0.222 e. The first-order valence-electron chi connectivity index (χ1n) is 7.90. The van der Waals surface area contributed by atoms with Crippen LogP contribution < -0.4 is 10.6 Å². The zero-order valence-electron chi connectivity index (χ0n) is 13.0. The number of aromatic nitrogens is 2. The van der Waals surface area contributed by atoms with Crippen molar-refractivity contribution in [3.63, 3.8) is 0 Å². The quantitative estimate of drug-likeness (QED) is 0.903. The lowest BCUT2D eigenvalue weighted by Crippen LogP contribution is -2.45. The number of nitrogens with zero attached hydrogens (tertiary/aromatic N) is 4. The minimum atomic E-state index is 0.119. The molecular formula is C15H25N5O. The summed E-state index contributed by atoms with van der Waals surface area (Å²) < 4.78 is 5.98. The van der Waals surface area contributed by atoms with Gasteiger partial charge in [0.2, 0.25) is 5.95 Å². The van der Waals surface area contributed by atoms with Gasteiger partial charge < -0.3 is 20.3 Å². The summed E-state index contributed by atoms with van der Waals surface area (Å²) in [6.07, 6.45) is 3.06. The normalized spacial score (nSPS) is 23.1. The van der Waals surface area contributed by atoms with Crippen LogP contribution in [0.2, 0.25) is 0 Å². The SMILES string of the molecule is CCCC1OCCc2nc(N)nc(N3CCN(C)CC3)c21. The van der Waals surface area contributed by atoms with Gasteiger partial charge in [0.25, 0.3) is 0 Å². The minimum absolute atomic E-state index is 0.119. The molecule has 1 fully saturated rings. The first kappa shape index (κ1) is 14.5. The van der Waals surface area contributed by atoms with Crippen LogP contribution >= 0.6 is 0 Å². The van der Waals surface area contributed by atoms with Crippen LogP contribution in [0.4, 0.5) is 11.8 Å². The van der Waals surface area contributed by atoms with Gasteiger partial charge in [0.05, 0.1) is 18.4 Å². The van der Waals surface area contributed by atoms with Crippen LogP contribution in [0, 0.1) is 0 Å². The molecule has 6 heteroatoms. The van der Waals surface area contributed by atoms with Gasteiger partial charge >= 0.3 is 0 Å². The molecule has 0 saturated carbocycles. The number of nitrogens with two attached hydrogens (primary N) is 1. The van der Waals surface area contributed by atoms with Crippen LogP contribution in [0.25, 0.3) is 0 Å². The van der Waals surface area contributed by atoms with E-state index in [-0.39, 0.29) is 6.10 Å². The summed E-state index contributed by atoms with van der Waals surface area (Å²) >= 11 is 0. The van der Waals surface area contributed by atoms with Gasteiger partial charge in [-0.2, -0.15) is 4.98 Å². The van der Waals surface area contributed by atoms with Gasteiger partial charge in [-0.1, -0.05) is 13.3 Å². The van der Waals surface area contributed by atoms with Crippen LogP contribution in [0.1, 0.15) is 37.1 Å². The van der Waals surface area contributed by atoms with Crippen LogP contribution in [0.5, 0.6) is 0 Å². The summed E-state index contributed by atoms with van der Waals surface area (Å²) in [4.78, 5) is 13.7. The third kappa shape index (κ3) is 2.96. The van der Waals surface area contributed by atoms with E-state index < -0.39 is 0 Å². The number of hydrogen-bond acceptors (Lipinski definition) is 6. The van der Waals surface area contributed by atoms with Gasteiger partial charge in [0.15, 0.2) is 0 Å². The summed E-state index contributed by atoms with van der Waals surface area (Å²) in [5, 5.41) is 0. The fourth-order valence-corrected chi connectivity index (χ4v) is 3.17. The Hall–Kier alpha value is -1.40. The second-order valence-electron chi connectivity index (χ2n) is 5.95. The lowest BCUT2D eigenvalue weighted by molar-refractivity contribution is 0.0349. The van der Waals surface area contributed by atoms with Crippen LogP contribution in [0.15, 0.2) is 0 Å². The number of likely N-dealkylation sites (N-methyl/N-ethyl adjacent to an activating group) is 1. The molecule has 21 heavy (non-hydrogen) atoms. The van der Waals surface area contributed by atoms with E-state index in [1.54, 1.807) is 0 Å². The molecule has 1 aromatic heterocycles. The molecule has 0 spiro atoms. The third-order valence-electron chi connectivity index (χ3n) is 4.36. The van der Waals surface area contributed by atoms with Crippen molar-refractivity contribution in [1.29, 1.82) is 0 Å². The zero-order chi connectivity index (χ0) is 14.8. The van der Waals surface area contributed by atoms with E-state index in [0.29, 0.717) is 5.95 Å². The van der Waals surface area contributed by atoms with E-state index in [2.05, 4.69) is 33.7 Å². The van der Waals surface area contributed by atoms with E-state index in [4.69, 9.17) is 10.5 Å². The molecule has 116 valence electrons. The molecule has 1 aromatic rings. The molecule has 0 amide bonds. The molecule has 2 aliphatic rings. The number of ether oxygens (including phenoxy) is 1. The largest absolute Gasteiger partial charge is 0.373 e. The Balaban J connectivity index is 1.97. The molecule has 0 bridgehead atoms. The van der Waals surface area contributed by atoms with Crippen LogP contribution in [-0.4, -0.2) is 54.7 Å². The first-order chi connectivity index (χ1) is 10.2. The molecule has 6 nitrogen and oxygen atoms in total. The van der Waals surface area contributed by atoms with E-state index in [1.165, 1.54) is 5.56 Å². The van der Waals surface area contributed by atoms with Crippen molar-refractivity contribution in [1.82, 2.24) is 14.9 Å². The van der Waals surface area contributed by atoms with Gasteiger partial charge in [-0.05, 0) is 13.5 Å². The average Bonchev–Trinajstić information content (AvgIpc) is 2.47. The maximum atomic E-state index is 5.98. The van der Waals surface area contributed by atoms with Crippen LogP contribution in [0.3, 0.4) is 0 Å². The van der Waals surface area contributed by atoms with Crippen LogP contribution in [-0.2, 0) is 11.2 Å². The van der Waals surface area contributed by atoms with Crippen molar-refractivity contribution in [3.8, 4) is 0 Å². The highest BCUT2D eigenvalue weighted by atomic mass is 16.5. The third-order valence-corrected chi connectivity index (χ3v) is 4.36. The number of fused-ring (bicyclic) bond motifs is 1. The van der Waals surface area contributed by atoms with E-state index >= 15 is 0 Å². The standard InChI is InChI=1S/C15H25N5O/c1-3-4-12-13-11(5-10-21-12)17-15(16)18-14(13)20-8-6-19(2)7-9-20/h12H,3-10H2,1-2H3,(H2,16,17,18). The number of anilines is 2. The van der Waals surface area contributed by atoms with E-state index in [0.717, 1.165) is 63.6 Å². The maximum Gasteiger partial charge on any atom is 0.222 e. The second-order valence-corrected chi connectivity index (χ2v) is 5.95. The number of piperazine rings is 1. The van der Waals surface area contributed by atoms with Gasteiger partial charge in [0.1, 0.15) is 5.82 Å². The first-order valence-corrected chi connectivity index (χ1v) is 7.90. The fraction of sp³-hybridized carbons (Fsp3) is 0.733. The zero-order valence-corrected chi connectivity index (χ0v) is 13.0. The molecule has 0 aromatic carbocycles. The van der Waals surface area contributed by atoms with Gasteiger partial charge in [-0.15, -0.1) is 0 Å². The Bertz CT molecular complexity index is 499. The van der Waals surface area contributed by atoms with E-state index in [9.17, 15) is 0 Å². The van der Waals surface area contributed by atoms with Crippen molar-refractivity contribution < 1.29 is 4.74 Å². The lowest BCUT2D eigenvalue weighted by atomic mass is 9.99. The second kappa shape index (κ2) is 6.15. The number of nitrogen functional groups attached to an aromatic ring is 1. The predicted octanol–water partition coefficient (Wildman–Crippen LogP) is 1.22. The van der Waals surface area contributed by atoms with Gasteiger partial charge in [-0.25, -0.2) is 4.98 Å². The summed E-state index contributed by atoms with van der Waals surface area (Å²) in [5.41, 5.74) is 8.20. The summed E-state index contributed by atoms with van der Waals surface area (Å²) in [6.45, 7) is 6.99. The Morgan fingerprint density at radius 3 is 2.71 bits per heavy atom. The van der Waals surface area contributed by atoms with Crippen molar-refractivity contribution in [2.24, 2.45) is 0 Å². The summed E-state index contributed by atoms with van der Waals surface area (Å²) in [6, 6.07) is 0. The highest BCUT2D eigenvalue weighted by Gasteiger charge is 2.29. The van der Waals surface area contributed by atoms with Gasteiger partial charge in [-0.3, -0.25) is 0 Å². The summed E-state index contributed by atoms with van der Waals surface area (Å²) in [7, 11) is 2.16. The highest BCUT2D eigenvalue weighted by molar-refractivity contribution is 5.54. The monoisotopic (exact) mass is 291 g/mol. The summed E-state index contributed by atoms with van der Waals surface area (Å²) in [5.74, 6) is 1.39. The van der Waals surface area contributed by atoms with Crippen molar-refractivity contribution in [2.45, 2.75) is 32.3 Å². The Morgan fingerprint density at radius 2 is 2.00 bits per heavy atom. The highest BCUT2D eigenvalue weighted by Crippen LogP contribution is 2.36. The molecule has 3 heterocycles. The molecule has 1 unspecified atom stereocenters. The molecule has 0 radical (unpaired) electrons. The van der Waals surface area contributed by atoms with Crippen molar-refractivity contribution in [3.05, 3.63) is 11.3 Å². The molecular weight excluding hydrogens is 266 g/mol. The minimum Gasteiger partial charge on any atom is -0.373 e. The Labute approximate surface area is 126 Å². The number of hydrogen-bond donors (Lipinski definition) is 1.